The predicted molar refractivity (Wildman–Crippen MR) is 103 cm³/mol. The molecule has 0 spiro atoms. The first-order valence-electron chi connectivity index (χ1n) is 8.78. The molecule has 1 saturated heterocycles. The Balaban J connectivity index is 1.62. The van der Waals surface area contributed by atoms with E-state index in [9.17, 15) is 9.90 Å². The third-order valence-corrected chi connectivity index (χ3v) is 4.83. The van der Waals surface area contributed by atoms with Gasteiger partial charge < -0.3 is 19.5 Å². The number of ether oxygens (including phenoxy) is 2. The molecule has 2 heterocycles. The summed E-state index contributed by atoms with van der Waals surface area (Å²) >= 11 is 0. The number of rotatable bonds is 4. The van der Waals surface area contributed by atoms with Crippen LogP contribution in [0, 0.1) is 0 Å². The fourth-order valence-corrected chi connectivity index (χ4v) is 3.43. The van der Waals surface area contributed by atoms with Crippen LogP contribution in [0.1, 0.15) is 22.0 Å². The Hall–Kier alpha value is -3.12. The Morgan fingerprint density at radius 1 is 1.22 bits per heavy atom. The van der Waals surface area contributed by atoms with Gasteiger partial charge >= 0.3 is 5.97 Å². The number of anilines is 1. The lowest BCUT2D eigenvalue weighted by molar-refractivity contribution is 0.0393. The van der Waals surface area contributed by atoms with Gasteiger partial charge in [-0.2, -0.15) is 0 Å². The molecule has 6 heteroatoms. The van der Waals surface area contributed by atoms with Crippen LogP contribution in [0.15, 0.2) is 54.7 Å². The van der Waals surface area contributed by atoms with Gasteiger partial charge in [-0.15, -0.1) is 0 Å². The molecular weight excluding hydrogens is 344 g/mol. The molecule has 1 aliphatic rings. The minimum absolute atomic E-state index is 0.145. The standard InChI is InChI=1S/C21H20N2O4/c1-26-17-7-6-14-11-16(5-4-15(14)12-17)19-13-23(9-10-27-19)20-18(21(24)25)3-2-8-22-20/h2-8,11-12,19H,9-10,13H2,1H3,(H,24,25). The third-order valence-electron chi connectivity index (χ3n) is 4.83. The summed E-state index contributed by atoms with van der Waals surface area (Å²) in [4.78, 5) is 17.8. The molecule has 0 aliphatic carbocycles. The number of carboxylic acids is 1. The second-order valence-corrected chi connectivity index (χ2v) is 6.46. The molecule has 138 valence electrons. The zero-order valence-corrected chi connectivity index (χ0v) is 15.0. The van der Waals surface area contributed by atoms with Crippen LogP contribution >= 0.6 is 0 Å². The van der Waals surface area contributed by atoms with E-state index < -0.39 is 5.97 Å². The molecule has 3 aromatic rings. The Bertz CT molecular complexity index is 989. The zero-order valence-electron chi connectivity index (χ0n) is 15.0. The highest BCUT2D eigenvalue weighted by Crippen LogP contribution is 2.30. The molecule has 1 aliphatic heterocycles. The van der Waals surface area contributed by atoms with Crippen molar-refractivity contribution in [1.82, 2.24) is 4.98 Å². The van der Waals surface area contributed by atoms with Crippen LogP contribution < -0.4 is 9.64 Å². The number of carboxylic acid groups (broad SMARTS) is 1. The summed E-state index contributed by atoms with van der Waals surface area (Å²) in [5, 5.41) is 11.6. The van der Waals surface area contributed by atoms with E-state index in [1.807, 2.05) is 29.2 Å². The summed E-state index contributed by atoms with van der Waals surface area (Å²) in [7, 11) is 1.66. The van der Waals surface area contributed by atoms with Crippen molar-refractivity contribution < 1.29 is 19.4 Å². The van der Waals surface area contributed by atoms with Gasteiger partial charge in [0.25, 0.3) is 0 Å². The van der Waals surface area contributed by atoms with E-state index in [1.54, 1.807) is 25.4 Å². The number of methoxy groups -OCH3 is 1. The van der Waals surface area contributed by atoms with Crippen LogP contribution in [0.25, 0.3) is 10.8 Å². The maximum atomic E-state index is 11.5. The van der Waals surface area contributed by atoms with E-state index in [0.29, 0.717) is 25.5 Å². The maximum absolute atomic E-state index is 11.5. The van der Waals surface area contributed by atoms with E-state index in [2.05, 4.69) is 17.1 Å². The average Bonchev–Trinajstić information content (AvgIpc) is 2.73. The zero-order chi connectivity index (χ0) is 18.8. The molecule has 1 fully saturated rings. The molecule has 1 atom stereocenters. The Morgan fingerprint density at radius 3 is 2.85 bits per heavy atom. The van der Waals surface area contributed by atoms with Crippen molar-refractivity contribution in [2.24, 2.45) is 0 Å². The molecule has 0 saturated carbocycles. The number of fused-ring (bicyclic) bond motifs is 1. The second kappa shape index (κ2) is 7.25. The number of pyridine rings is 1. The van der Waals surface area contributed by atoms with Gasteiger partial charge in [-0.3, -0.25) is 0 Å². The van der Waals surface area contributed by atoms with Gasteiger partial charge in [0.1, 0.15) is 23.2 Å². The van der Waals surface area contributed by atoms with Crippen molar-refractivity contribution in [3.05, 3.63) is 65.9 Å². The predicted octanol–water partition coefficient (Wildman–Crippen LogP) is 3.52. The molecule has 0 amide bonds. The van der Waals surface area contributed by atoms with Crippen molar-refractivity contribution in [3.63, 3.8) is 0 Å². The number of hydrogen-bond acceptors (Lipinski definition) is 5. The molecular formula is C21H20N2O4. The summed E-state index contributed by atoms with van der Waals surface area (Å²) in [6.45, 7) is 1.68. The first-order chi connectivity index (χ1) is 13.2. The third kappa shape index (κ3) is 3.44. The SMILES string of the molecule is COc1ccc2cc(C3CN(c4ncccc4C(=O)O)CCO3)ccc2c1. The second-order valence-electron chi connectivity index (χ2n) is 6.46. The van der Waals surface area contributed by atoms with Crippen LogP contribution in [0.3, 0.4) is 0 Å². The number of morpholine rings is 1. The number of hydrogen-bond donors (Lipinski definition) is 1. The van der Waals surface area contributed by atoms with Crippen LogP contribution in [-0.4, -0.2) is 42.9 Å². The highest BCUT2D eigenvalue weighted by atomic mass is 16.5. The molecule has 6 nitrogen and oxygen atoms in total. The van der Waals surface area contributed by atoms with Crippen LogP contribution in [0.2, 0.25) is 0 Å². The smallest absolute Gasteiger partial charge is 0.339 e. The molecule has 4 rings (SSSR count). The Morgan fingerprint density at radius 2 is 2.04 bits per heavy atom. The molecule has 0 radical (unpaired) electrons. The topological polar surface area (TPSA) is 71.9 Å². The van der Waals surface area contributed by atoms with Gasteiger partial charge in [-0.05, 0) is 46.7 Å². The van der Waals surface area contributed by atoms with Crippen LogP contribution in [0.4, 0.5) is 5.82 Å². The van der Waals surface area contributed by atoms with Crippen molar-refractivity contribution in [2.75, 3.05) is 31.7 Å². The molecule has 1 unspecified atom stereocenters. The molecule has 1 aromatic heterocycles. The highest BCUT2D eigenvalue weighted by Gasteiger charge is 2.26. The fraction of sp³-hybridized carbons (Fsp3) is 0.238. The number of carbonyl (C=O) groups is 1. The summed E-state index contributed by atoms with van der Waals surface area (Å²) in [5.41, 5.74) is 1.27. The van der Waals surface area contributed by atoms with Crippen LogP contribution in [0.5, 0.6) is 5.75 Å². The Labute approximate surface area is 157 Å². The normalized spacial score (nSPS) is 17.1. The fourth-order valence-electron chi connectivity index (χ4n) is 3.43. The lowest BCUT2D eigenvalue weighted by Gasteiger charge is -2.34. The largest absolute Gasteiger partial charge is 0.497 e. The Kier molecular flexibility index (Phi) is 4.64. The number of nitrogens with zero attached hydrogens (tertiary/aromatic N) is 2. The molecule has 1 N–H and O–H groups in total. The van der Waals surface area contributed by atoms with E-state index in [4.69, 9.17) is 9.47 Å². The van der Waals surface area contributed by atoms with Gasteiger partial charge in [0, 0.05) is 19.3 Å². The van der Waals surface area contributed by atoms with Crippen molar-refractivity contribution in [3.8, 4) is 5.75 Å². The van der Waals surface area contributed by atoms with E-state index in [1.165, 1.54) is 0 Å². The van der Waals surface area contributed by atoms with Crippen LogP contribution in [-0.2, 0) is 4.74 Å². The van der Waals surface area contributed by atoms with E-state index in [0.717, 1.165) is 22.1 Å². The molecule has 27 heavy (non-hydrogen) atoms. The minimum atomic E-state index is -0.971. The van der Waals surface area contributed by atoms with Crippen molar-refractivity contribution in [1.29, 1.82) is 0 Å². The number of benzene rings is 2. The number of aromatic nitrogens is 1. The summed E-state index contributed by atoms with van der Waals surface area (Å²) in [6, 6.07) is 15.4. The van der Waals surface area contributed by atoms with Crippen molar-refractivity contribution >= 4 is 22.6 Å². The van der Waals surface area contributed by atoms with Gasteiger partial charge in [0.05, 0.1) is 13.7 Å². The first-order valence-corrected chi connectivity index (χ1v) is 8.78. The summed E-state index contributed by atoms with van der Waals surface area (Å²) < 4.78 is 11.2. The van der Waals surface area contributed by atoms with Gasteiger partial charge in [0.2, 0.25) is 0 Å². The van der Waals surface area contributed by atoms with E-state index in [-0.39, 0.29) is 11.7 Å². The van der Waals surface area contributed by atoms with Gasteiger partial charge in [-0.1, -0.05) is 18.2 Å². The highest BCUT2D eigenvalue weighted by molar-refractivity contribution is 5.93. The summed E-state index contributed by atoms with van der Waals surface area (Å²) in [5.74, 6) is 0.344. The summed E-state index contributed by atoms with van der Waals surface area (Å²) in [6.07, 6.45) is 1.48. The maximum Gasteiger partial charge on any atom is 0.339 e. The first kappa shape index (κ1) is 17.3. The quantitative estimate of drug-likeness (QED) is 0.764. The number of aromatic carboxylic acids is 1. The molecule has 2 aromatic carbocycles. The molecule has 0 bridgehead atoms. The van der Waals surface area contributed by atoms with E-state index >= 15 is 0 Å². The van der Waals surface area contributed by atoms with Crippen molar-refractivity contribution in [2.45, 2.75) is 6.10 Å². The lowest BCUT2D eigenvalue weighted by Crippen LogP contribution is -2.39. The minimum Gasteiger partial charge on any atom is -0.497 e. The average molecular weight is 364 g/mol. The lowest BCUT2D eigenvalue weighted by atomic mass is 10.0. The van der Waals surface area contributed by atoms with Gasteiger partial charge in [0.15, 0.2) is 0 Å². The van der Waals surface area contributed by atoms with Gasteiger partial charge in [-0.25, -0.2) is 9.78 Å². The monoisotopic (exact) mass is 364 g/mol.